The Labute approximate surface area is 126 Å². The van der Waals surface area contributed by atoms with E-state index in [1.165, 1.54) is 31.2 Å². The van der Waals surface area contributed by atoms with Crippen LogP contribution in [0.4, 0.5) is 0 Å². The van der Waals surface area contributed by atoms with Crippen LogP contribution in [0.1, 0.15) is 43.9 Å². The molecule has 0 spiro atoms. The lowest BCUT2D eigenvalue weighted by Crippen LogP contribution is -2.29. The Bertz CT molecular complexity index is 572. The second kappa shape index (κ2) is 6.48. The molecule has 3 rings (SSSR count). The molecule has 2 aromatic heterocycles. The zero-order chi connectivity index (χ0) is 14.7. The Morgan fingerprint density at radius 2 is 2.19 bits per heavy atom. The van der Waals surface area contributed by atoms with E-state index in [2.05, 4.69) is 22.4 Å². The van der Waals surface area contributed by atoms with Crippen LogP contribution in [0.5, 0.6) is 0 Å². The van der Waals surface area contributed by atoms with Gasteiger partial charge in [-0.1, -0.05) is 26.2 Å². The second-order valence-corrected chi connectivity index (χ2v) is 6.33. The van der Waals surface area contributed by atoms with Crippen LogP contribution in [0.2, 0.25) is 0 Å². The van der Waals surface area contributed by atoms with Crippen LogP contribution in [-0.2, 0) is 6.54 Å². The van der Waals surface area contributed by atoms with E-state index in [1.807, 2.05) is 25.3 Å². The number of nitrogens with zero attached hydrogens (tertiary/aromatic N) is 1. The van der Waals surface area contributed by atoms with Crippen molar-refractivity contribution >= 4 is 0 Å². The number of aromatic nitrogens is 2. The molecular formula is C17H25N3O. The SMILES string of the molecule is Cc1ccc(-c2[nH]ncc2CNCC2CCCCC2C)o1. The normalized spacial score (nSPS) is 22.6. The van der Waals surface area contributed by atoms with E-state index in [0.29, 0.717) is 0 Å². The van der Waals surface area contributed by atoms with Crippen molar-refractivity contribution in [3.05, 3.63) is 29.7 Å². The molecule has 4 heteroatoms. The van der Waals surface area contributed by atoms with Crippen LogP contribution >= 0.6 is 0 Å². The van der Waals surface area contributed by atoms with E-state index in [0.717, 1.165) is 42.1 Å². The fraction of sp³-hybridized carbons (Fsp3) is 0.588. The molecule has 1 fully saturated rings. The molecular weight excluding hydrogens is 262 g/mol. The van der Waals surface area contributed by atoms with Gasteiger partial charge in [-0.2, -0.15) is 5.10 Å². The summed E-state index contributed by atoms with van der Waals surface area (Å²) >= 11 is 0. The summed E-state index contributed by atoms with van der Waals surface area (Å²) in [6.07, 6.45) is 7.43. The predicted molar refractivity (Wildman–Crippen MR) is 83.9 cm³/mol. The third kappa shape index (κ3) is 3.38. The molecule has 2 unspecified atom stereocenters. The molecule has 0 bridgehead atoms. The minimum Gasteiger partial charge on any atom is -0.460 e. The van der Waals surface area contributed by atoms with Crippen molar-refractivity contribution in [3.8, 4) is 11.5 Å². The molecule has 1 aliphatic carbocycles. The van der Waals surface area contributed by atoms with E-state index in [9.17, 15) is 0 Å². The molecule has 0 radical (unpaired) electrons. The topological polar surface area (TPSA) is 53.9 Å². The summed E-state index contributed by atoms with van der Waals surface area (Å²) in [7, 11) is 0. The predicted octanol–water partition coefficient (Wildman–Crippen LogP) is 3.89. The standard InChI is InChI=1S/C17H25N3O/c1-12-5-3-4-6-14(12)9-18-10-15-11-19-20-17(15)16-8-7-13(2)21-16/h7-8,11-12,14,18H,3-6,9-10H2,1-2H3,(H,19,20). The van der Waals surface area contributed by atoms with Gasteiger partial charge in [0.1, 0.15) is 11.5 Å². The lowest BCUT2D eigenvalue weighted by Gasteiger charge is -2.28. The van der Waals surface area contributed by atoms with Gasteiger partial charge in [-0.25, -0.2) is 0 Å². The van der Waals surface area contributed by atoms with Crippen molar-refractivity contribution in [2.75, 3.05) is 6.54 Å². The van der Waals surface area contributed by atoms with Crippen LogP contribution in [0, 0.1) is 18.8 Å². The molecule has 21 heavy (non-hydrogen) atoms. The van der Waals surface area contributed by atoms with Crippen LogP contribution in [0.3, 0.4) is 0 Å². The first-order valence-corrected chi connectivity index (χ1v) is 8.04. The van der Waals surface area contributed by atoms with Crippen molar-refractivity contribution in [2.24, 2.45) is 11.8 Å². The summed E-state index contributed by atoms with van der Waals surface area (Å²) in [4.78, 5) is 0. The highest BCUT2D eigenvalue weighted by Gasteiger charge is 2.21. The first-order chi connectivity index (χ1) is 10.2. The number of nitrogens with one attached hydrogen (secondary N) is 2. The monoisotopic (exact) mass is 287 g/mol. The summed E-state index contributed by atoms with van der Waals surface area (Å²) in [5.41, 5.74) is 2.17. The summed E-state index contributed by atoms with van der Waals surface area (Å²) in [5, 5.41) is 10.8. The van der Waals surface area contributed by atoms with Gasteiger partial charge in [-0.05, 0) is 43.9 Å². The lowest BCUT2D eigenvalue weighted by atomic mass is 9.80. The smallest absolute Gasteiger partial charge is 0.152 e. The van der Waals surface area contributed by atoms with E-state index in [4.69, 9.17) is 4.42 Å². The number of furan rings is 1. The van der Waals surface area contributed by atoms with Crippen LogP contribution in [0.15, 0.2) is 22.7 Å². The molecule has 114 valence electrons. The fourth-order valence-corrected chi connectivity index (χ4v) is 3.32. The van der Waals surface area contributed by atoms with E-state index >= 15 is 0 Å². The summed E-state index contributed by atoms with van der Waals surface area (Å²) < 4.78 is 5.68. The van der Waals surface area contributed by atoms with Gasteiger partial charge in [0, 0.05) is 12.1 Å². The van der Waals surface area contributed by atoms with E-state index < -0.39 is 0 Å². The van der Waals surface area contributed by atoms with Crippen molar-refractivity contribution in [1.29, 1.82) is 0 Å². The molecule has 2 atom stereocenters. The Kier molecular flexibility index (Phi) is 4.44. The third-order valence-corrected chi connectivity index (χ3v) is 4.72. The number of hydrogen-bond donors (Lipinski definition) is 2. The van der Waals surface area contributed by atoms with Gasteiger partial charge in [0.25, 0.3) is 0 Å². The summed E-state index contributed by atoms with van der Waals surface area (Å²) in [5.74, 6) is 3.46. The molecule has 2 heterocycles. The van der Waals surface area contributed by atoms with Crippen LogP contribution < -0.4 is 5.32 Å². The lowest BCUT2D eigenvalue weighted by molar-refractivity contribution is 0.247. The maximum atomic E-state index is 5.68. The average molecular weight is 287 g/mol. The number of hydrogen-bond acceptors (Lipinski definition) is 3. The maximum absolute atomic E-state index is 5.68. The largest absolute Gasteiger partial charge is 0.460 e. The van der Waals surface area contributed by atoms with Crippen molar-refractivity contribution < 1.29 is 4.42 Å². The second-order valence-electron chi connectivity index (χ2n) is 6.33. The average Bonchev–Trinajstić information content (AvgIpc) is 3.09. The van der Waals surface area contributed by atoms with Gasteiger partial charge in [0.05, 0.1) is 6.20 Å². The number of rotatable bonds is 5. The molecule has 1 saturated carbocycles. The highest BCUT2D eigenvalue weighted by Crippen LogP contribution is 2.29. The van der Waals surface area contributed by atoms with Gasteiger partial charge < -0.3 is 9.73 Å². The molecule has 0 aromatic carbocycles. The van der Waals surface area contributed by atoms with Gasteiger partial charge in [0.2, 0.25) is 0 Å². The van der Waals surface area contributed by atoms with Gasteiger partial charge in [-0.15, -0.1) is 0 Å². The van der Waals surface area contributed by atoms with Crippen LogP contribution in [0.25, 0.3) is 11.5 Å². The third-order valence-electron chi connectivity index (χ3n) is 4.72. The number of aromatic amines is 1. The van der Waals surface area contributed by atoms with E-state index in [-0.39, 0.29) is 0 Å². The highest BCUT2D eigenvalue weighted by atomic mass is 16.3. The summed E-state index contributed by atoms with van der Waals surface area (Å²) in [6, 6.07) is 3.98. The Hall–Kier alpha value is -1.55. The minimum absolute atomic E-state index is 0.819. The molecule has 0 saturated heterocycles. The fourth-order valence-electron chi connectivity index (χ4n) is 3.32. The van der Waals surface area contributed by atoms with Gasteiger partial charge in [0.15, 0.2) is 5.76 Å². The maximum Gasteiger partial charge on any atom is 0.152 e. The van der Waals surface area contributed by atoms with Crippen LogP contribution in [-0.4, -0.2) is 16.7 Å². The van der Waals surface area contributed by atoms with Gasteiger partial charge >= 0.3 is 0 Å². The first-order valence-electron chi connectivity index (χ1n) is 8.04. The Balaban J connectivity index is 1.57. The highest BCUT2D eigenvalue weighted by molar-refractivity contribution is 5.56. The molecule has 4 nitrogen and oxygen atoms in total. The van der Waals surface area contributed by atoms with Crippen molar-refractivity contribution in [1.82, 2.24) is 15.5 Å². The van der Waals surface area contributed by atoms with Crippen molar-refractivity contribution in [2.45, 2.75) is 46.1 Å². The molecule has 0 amide bonds. The zero-order valence-electron chi connectivity index (χ0n) is 13.0. The Morgan fingerprint density at radius 3 is 2.95 bits per heavy atom. The molecule has 2 aromatic rings. The molecule has 1 aliphatic rings. The van der Waals surface area contributed by atoms with E-state index in [1.54, 1.807) is 0 Å². The molecule has 0 aliphatic heterocycles. The molecule has 2 N–H and O–H groups in total. The summed E-state index contributed by atoms with van der Waals surface area (Å²) in [6.45, 7) is 6.29. The van der Waals surface area contributed by atoms with Crippen molar-refractivity contribution in [3.63, 3.8) is 0 Å². The Morgan fingerprint density at radius 1 is 1.33 bits per heavy atom. The minimum atomic E-state index is 0.819. The number of aryl methyl sites for hydroxylation is 1. The zero-order valence-corrected chi connectivity index (χ0v) is 13.0. The first kappa shape index (κ1) is 14.4. The van der Waals surface area contributed by atoms with Gasteiger partial charge in [-0.3, -0.25) is 5.10 Å². The number of H-pyrrole nitrogens is 1. The quantitative estimate of drug-likeness (QED) is 0.877.